The summed E-state index contributed by atoms with van der Waals surface area (Å²) in [7, 11) is 1.26. The molecule has 0 aliphatic heterocycles. The van der Waals surface area contributed by atoms with E-state index in [2.05, 4.69) is 0 Å². The Bertz CT molecular complexity index is 704. The van der Waals surface area contributed by atoms with Gasteiger partial charge in [0.15, 0.2) is 5.78 Å². The SMILES string of the molecule is CN(O)C(=O)c1ccc2c(c1)C(=O)c1ccccc1-2. The zero-order valence-electron chi connectivity index (χ0n) is 10.3. The fourth-order valence-corrected chi connectivity index (χ4v) is 2.35. The first-order chi connectivity index (χ1) is 9.09. The van der Waals surface area contributed by atoms with Crippen molar-refractivity contribution in [2.45, 2.75) is 0 Å². The van der Waals surface area contributed by atoms with Gasteiger partial charge in [0.25, 0.3) is 5.91 Å². The number of benzene rings is 2. The van der Waals surface area contributed by atoms with Crippen molar-refractivity contribution in [3.05, 3.63) is 59.2 Å². The second-order valence-electron chi connectivity index (χ2n) is 4.46. The summed E-state index contributed by atoms with van der Waals surface area (Å²) in [5, 5.41) is 9.67. The van der Waals surface area contributed by atoms with Gasteiger partial charge in [-0.25, -0.2) is 5.06 Å². The van der Waals surface area contributed by atoms with Gasteiger partial charge in [0.2, 0.25) is 0 Å². The molecule has 0 bridgehead atoms. The summed E-state index contributed by atoms with van der Waals surface area (Å²) in [4.78, 5) is 23.9. The Labute approximate surface area is 109 Å². The highest BCUT2D eigenvalue weighted by molar-refractivity contribution is 6.22. The van der Waals surface area contributed by atoms with Crippen molar-refractivity contribution in [1.29, 1.82) is 0 Å². The van der Waals surface area contributed by atoms with Gasteiger partial charge in [-0.3, -0.25) is 14.8 Å². The lowest BCUT2D eigenvalue weighted by Crippen LogP contribution is -2.22. The van der Waals surface area contributed by atoms with Crippen LogP contribution in [0.3, 0.4) is 0 Å². The molecule has 0 saturated heterocycles. The summed E-state index contributed by atoms with van der Waals surface area (Å²) < 4.78 is 0. The van der Waals surface area contributed by atoms with Crippen LogP contribution in [0, 0.1) is 0 Å². The molecule has 0 heterocycles. The number of amides is 1. The summed E-state index contributed by atoms with van der Waals surface area (Å²) in [5.41, 5.74) is 3.18. The van der Waals surface area contributed by atoms with Crippen molar-refractivity contribution in [2.24, 2.45) is 0 Å². The summed E-state index contributed by atoms with van der Waals surface area (Å²) in [6.07, 6.45) is 0. The molecule has 0 fully saturated rings. The van der Waals surface area contributed by atoms with E-state index in [0.717, 1.165) is 11.1 Å². The molecule has 0 atom stereocenters. The molecule has 2 aromatic carbocycles. The van der Waals surface area contributed by atoms with Gasteiger partial charge in [-0.05, 0) is 23.3 Å². The van der Waals surface area contributed by atoms with E-state index in [4.69, 9.17) is 5.21 Å². The number of carbonyl (C=O) groups excluding carboxylic acids is 2. The minimum atomic E-state index is -0.536. The Balaban J connectivity index is 2.15. The molecule has 1 N–H and O–H groups in total. The summed E-state index contributed by atoms with van der Waals surface area (Å²) >= 11 is 0. The normalized spacial score (nSPS) is 12.0. The number of fused-ring (bicyclic) bond motifs is 3. The lowest BCUT2D eigenvalue weighted by atomic mass is 10.0. The molecule has 0 radical (unpaired) electrons. The summed E-state index contributed by atoms with van der Waals surface area (Å²) in [6, 6.07) is 12.2. The van der Waals surface area contributed by atoms with E-state index >= 15 is 0 Å². The third kappa shape index (κ3) is 1.65. The molecule has 1 aliphatic carbocycles. The van der Waals surface area contributed by atoms with Crippen molar-refractivity contribution in [3.63, 3.8) is 0 Å². The van der Waals surface area contributed by atoms with Gasteiger partial charge in [0.05, 0.1) is 0 Å². The molecule has 94 valence electrons. The largest absolute Gasteiger partial charge is 0.289 e. The third-order valence-corrected chi connectivity index (χ3v) is 3.27. The molecule has 1 amide bonds. The number of rotatable bonds is 1. The fraction of sp³-hybridized carbons (Fsp3) is 0.0667. The highest BCUT2D eigenvalue weighted by atomic mass is 16.5. The zero-order chi connectivity index (χ0) is 13.6. The second kappa shape index (κ2) is 4.03. The smallest absolute Gasteiger partial charge is 0.276 e. The van der Waals surface area contributed by atoms with E-state index in [1.54, 1.807) is 18.2 Å². The predicted octanol–water partition coefficient (Wildman–Crippen LogP) is 2.36. The van der Waals surface area contributed by atoms with Crippen molar-refractivity contribution in [1.82, 2.24) is 5.06 Å². The molecule has 0 saturated carbocycles. The monoisotopic (exact) mass is 253 g/mol. The standard InChI is InChI=1S/C15H11NO3/c1-16(19)15(18)9-6-7-11-10-4-2-3-5-12(10)14(17)13(11)8-9/h2-8,19H,1H3. The predicted molar refractivity (Wildman–Crippen MR) is 69.2 cm³/mol. The molecule has 19 heavy (non-hydrogen) atoms. The van der Waals surface area contributed by atoms with Crippen molar-refractivity contribution in [3.8, 4) is 11.1 Å². The first-order valence-corrected chi connectivity index (χ1v) is 5.84. The molecule has 4 heteroatoms. The first kappa shape index (κ1) is 11.6. The second-order valence-corrected chi connectivity index (χ2v) is 4.46. The van der Waals surface area contributed by atoms with E-state index in [-0.39, 0.29) is 5.78 Å². The molecule has 0 unspecified atom stereocenters. The minimum absolute atomic E-state index is 0.0826. The zero-order valence-corrected chi connectivity index (χ0v) is 10.3. The maximum atomic E-state index is 12.2. The lowest BCUT2D eigenvalue weighted by molar-refractivity contribution is -0.0374. The van der Waals surface area contributed by atoms with E-state index in [1.165, 1.54) is 13.1 Å². The number of carbonyl (C=O) groups is 2. The average molecular weight is 253 g/mol. The van der Waals surface area contributed by atoms with Gasteiger partial charge in [0.1, 0.15) is 0 Å². The van der Waals surface area contributed by atoms with E-state index in [1.807, 2.05) is 18.2 Å². The molecule has 1 aliphatic rings. The van der Waals surface area contributed by atoms with E-state index in [9.17, 15) is 9.59 Å². The highest BCUT2D eigenvalue weighted by Crippen LogP contribution is 2.36. The number of hydroxylamine groups is 2. The molecule has 4 nitrogen and oxygen atoms in total. The highest BCUT2D eigenvalue weighted by Gasteiger charge is 2.27. The van der Waals surface area contributed by atoms with Crippen molar-refractivity contribution in [2.75, 3.05) is 7.05 Å². The van der Waals surface area contributed by atoms with Gasteiger partial charge in [-0.1, -0.05) is 30.3 Å². The number of nitrogens with zero attached hydrogens (tertiary/aromatic N) is 1. The quantitative estimate of drug-likeness (QED) is 0.535. The Morgan fingerprint density at radius 2 is 1.63 bits per heavy atom. The Morgan fingerprint density at radius 1 is 1.00 bits per heavy atom. The Morgan fingerprint density at radius 3 is 2.32 bits per heavy atom. The van der Waals surface area contributed by atoms with Crippen molar-refractivity contribution >= 4 is 11.7 Å². The van der Waals surface area contributed by atoms with Gasteiger partial charge in [-0.15, -0.1) is 0 Å². The van der Waals surface area contributed by atoms with Crippen LogP contribution < -0.4 is 0 Å². The first-order valence-electron chi connectivity index (χ1n) is 5.84. The summed E-state index contributed by atoms with van der Waals surface area (Å²) in [6.45, 7) is 0. The van der Waals surface area contributed by atoms with Gasteiger partial charge >= 0.3 is 0 Å². The van der Waals surface area contributed by atoms with Crippen LogP contribution in [-0.4, -0.2) is 29.0 Å². The van der Waals surface area contributed by atoms with E-state index in [0.29, 0.717) is 21.8 Å². The molecular weight excluding hydrogens is 242 g/mol. The van der Waals surface area contributed by atoms with E-state index < -0.39 is 5.91 Å². The van der Waals surface area contributed by atoms with Crippen LogP contribution in [0.25, 0.3) is 11.1 Å². The van der Waals surface area contributed by atoms with Gasteiger partial charge < -0.3 is 0 Å². The maximum Gasteiger partial charge on any atom is 0.276 e. The lowest BCUT2D eigenvalue weighted by Gasteiger charge is -2.09. The van der Waals surface area contributed by atoms with Crippen LogP contribution >= 0.6 is 0 Å². The van der Waals surface area contributed by atoms with Crippen LogP contribution in [0.1, 0.15) is 26.3 Å². The number of ketones is 1. The fourth-order valence-electron chi connectivity index (χ4n) is 2.35. The topological polar surface area (TPSA) is 57.6 Å². The van der Waals surface area contributed by atoms with Crippen LogP contribution in [0.2, 0.25) is 0 Å². The van der Waals surface area contributed by atoms with Crippen LogP contribution in [-0.2, 0) is 0 Å². The van der Waals surface area contributed by atoms with Crippen molar-refractivity contribution < 1.29 is 14.8 Å². The molecule has 3 rings (SSSR count). The number of hydrogen-bond donors (Lipinski definition) is 1. The molecule has 2 aromatic rings. The molecule has 0 spiro atoms. The molecular formula is C15H11NO3. The van der Waals surface area contributed by atoms with Crippen LogP contribution in [0.4, 0.5) is 0 Å². The van der Waals surface area contributed by atoms with Gasteiger partial charge in [0, 0.05) is 23.7 Å². The minimum Gasteiger partial charge on any atom is -0.289 e. The third-order valence-electron chi connectivity index (χ3n) is 3.27. The van der Waals surface area contributed by atoms with Crippen LogP contribution in [0.15, 0.2) is 42.5 Å². The summed E-state index contributed by atoms with van der Waals surface area (Å²) in [5.74, 6) is -0.618. The maximum absolute atomic E-state index is 12.2. The average Bonchev–Trinajstić information content (AvgIpc) is 2.72. The number of hydrogen-bond acceptors (Lipinski definition) is 3. The molecule has 0 aromatic heterocycles. The Kier molecular flexibility index (Phi) is 2.47. The van der Waals surface area contributed by atoms with Crippen LogP contribution in [0.5, 0.6) is 0 Å². The Hall–Kier alpha value is -2.46. The van der Waals surface area contributed by atoms with Gasteiger partial charge in [-0.2, -0.15) is 0 Å².